The van der Waals surface area contributed by atoms with Crippen LogP contribution < -0.4 is 0 Å². The molecule has 0 amide bonds. The molecule has 0 spiro atoms. The van der Waals surface area contributed by atoms with E-state index >= 15 is 0 Å². The molecule has 3 nitrogen and oxygen atoms in total. The molecule has 0 aliphatic rings. The Morgan fingerprint density at radius 2 is 1.26 bits per heavy atom. The lowest BCUT2D eigenvalue weighted by atomic mass is 10.0. The van der Waals surface area contributed by atoms with Crippen LogP contribution in [-0.4, -0.2) is 16.3 Å². The number of thiocyanates is 1. The van der Waals surface area contributed by atoms with Crippen molar-refractivity contribution < 1.29 is 9.90 Å². The number of carboxylic acids is 1. The summed E-state index contributed by atoms with van der Waals surface area (Å²) in [5, 5.41) is 18.8. The van der Waals surface area contributed by atoms with E-state index in [0.717, 1.165) is 24.6 Å². The second kappa shape index (κ2) is 17.7. The Balaban J connectivity index is 3.21. The molecule has 1 N–H and O–H groups in total. The van der Waals surface area contributed by atoms with Crippen molar-refractivity contribution in [2.45, 2.75) is 108 Å². The molecule has 0 aromatic rings. The predicted molar refractivity (Wildman–Crippen MR) is 99.6 cm³/mol. The fraction of sp³-hybridized carbons (Fsp3) is 0.895. The van der Waals surface area contributed by atoms with Gasteiger partial charge in [-0.1, -0.05) is 96.8 Å². The lowest BCUT2D eigenvalue weighted by molar-refractivity contribution is -0.136. The van der Waals surface area contributed by atoms with Crippen LogP contribution in [0.2, 0.25) is 0 Å². The van der Waals surface area contributed by atoms with Crippen LogP contribution in [0.25, 0.3) is 0 Å². The topological polar surface area (TPSA) is 61.1 Å². The van der Waals surface area contributed by atoms with Crippen LogP contribution in [0.3, 0.4) is 0 Å². The summed E-state index contributed by atoms with van der Waals surface area (Å²) in [6, 6.07) is 0. The Morgan fingerprint density at radius 1 is 0.870 bits per heavy atom. The highest BCUT2D eigenvalue weighted by Crippen LogP contribution is 2.18. The van der Waals surface area contributed by atoms with Crippen molar-refractivity contribution in [3.63, 3.8) is 0 Å². The molecule has 0 aliphatic heterocycles. The fourth-order valence-electron chi connectivity index (χ4n) is 2.82. The zero-order valence-corrected chi connectivity index (χ0v) is 15.7. The zero-order chi connectivity index (χ0) is 17.2. The third kappa shape index (κ3) is 16.0. The van der Waals surface area contributed by atoms with Gasteiger partial charge in [-0.25, -0.2) is 0 Å². The van der Waals surface area contributed by atoms with Crippen LogP contribution in [0, 0.1) is 10.7 Å². The van der Waals surface area contributed by atoms with Gasteiger partial charge in [0.15, 0.2) is 0 Å². The SMILES string of the molecule is CCCCCCCCCCCCCCCCC(SC#N)C(=O)O. The molecule has 134 valence electrons. The van der Waals surface area contributed by atoms with E-state index in [1.165, 1.54) is 77.0 Å². The predicted octanol–water partition coefficient (Wildman–Crippen LogP) is 6.53. The molecule has 0 radical (unpaired) electrons. The fourth-order valence-corrected chi connectivity index (χ4v) is 3.33. The van der Waals surface area contributed by atoms with Crippen molar-refractivity contribution in [1.82, 2.24) is 0 Å². The van der Waals surface area contributed by atoms with E-state index in [4.69, 9.17) is 10.4 Å². The van der Waals surface area contributed by atoms with Crippen LogP contribution >= 0.6 is 11.8 Å². The lowest BCUT2D eigenvalue weighted by Gasteiger charge is -2.07. The highest BCUT2D eigenvalue weighted by molar-refractivity contribution is 8.04. The Bertz CT molecular complexity index is 315. The first-order valence-corrected chi connectivity index (χ1v) is 10.4. The standard InChI is InChI=1S/C19H35NO2S/c1-2-3-4-5-6-7-8-9-10-11-12-13-14-15-16-18(19(21)22)23-17-20/h18H,2-16H2,1H3,(H,21,22). The number of nitrogens with zero attached hydrogens (tertiary/aromatic N) is 1. The van der Waals surface area contributed by atoms with Gasteiger partial charge in [-0.3, -0.25) is 4.79 Å². The van der Waals surface area contributed by atoms with Crippen molar-refractivity contribution in [3.05, 3.63) is 0 Å². The number of rotatable bonds is 17. The number of unbranched alkanes of at least 4 members (excludes halogenated alkanes) is 13. The molecule has 0 heterocycles. The summed E-state index contributed by atoms with van der Waals surface area (Å²) in [6.45, 7) is 2.26. The molecule has 1 unspecified atom stereocenters. The van der Waals surface area contributed by atoms with Gasteiger partial charge in [0.05, 0.1) is 0 Å². The van der Waals surface area contributed by atoms with E-state index in [1.807, 2.05) is 5.40 Å². The monoisotopic (exact) mass is 341 g/mol. The number of hydrogen-bond acceptors (Lipinski definition) is 3. The molecular formula is C19H35NO2S. The Labute approximate surface area is 147 Å². The third-order valence-corrected chi connectivity index (χ3v) is 5.12. The molecule has 0 bridgehead atoms. The van der Waals surface area contributed by atoms with Crippen molar-refractivity contribution >= 4 is 17.7 Å². The number of thioether (sulfide) groups is 1. The quantitative estimate of drug-likeness (QED) is 0.241. The number of nitriles is 1. The summed E-state index contributed by atoms with van der Waals surface area (Å²) < 4.78 is 0. The van der Waals surface area contributed by atoms with Crippen molar-refractivity contribution in [2.75, 3.05) is 0 Å². The Morgan fingerprint density at radius 3 is 1.61 bits per heavy atom. The van der Waals surface area contributed by atoms with Crippen LogP contribution in [-0.2, 0) is 4.79 Å². The number of hydrogen-bond donors (Lipinski definition) is 1. The van der Waals surface area contributed by atoms with Crippen LogP contribution in [0.15, 0.2) is 0 Å². The molecule has 0 fully saturated rings. The molecule has 4 heteroatoms. The van der Waals surface area contributed by atoms with Gasteiger partial charge in [-0.15, -0.1) is 0 Å². The Kier molecular flexibility index (Phi) is 17.1. The lowest BCUT2D eigenvalue weighted by Crippen LogP contribution is -2.15. The minimum Gasteiger partial charge on any atom is -0.480 e. The smallest absolute Gasteiger partial charge is 0.317 e. The van der Waals surface area contributed by atoms with Gasteiger partial charge >= 0.3 is 5.97 Å². The maximum absolute atomic E-state index is 10.9. The second-order valence-electron chi connectivity index (χ2n) is 6.42. The maximum atomic E-state index is 10.9. The van der Waals surface area contributed by atoms with Crippen LogP contribution in [0.1, 0.15) is 103 Å². The Hall–Kier alpha value is -0.690. The second-order valence-corrected chi connectivity index (χ2v) is 7.41. The number of carboxylic acid groups (broad SMARTS) is 1. The normalized spacial score (nSPS) is 12.0. The highest BCUT2D eigenvalue weighted by atomic mass is 32.2. The molecule has 0 saturated heterocycles. The summed E-state index contributed by atoms with van der Waals surface area (Å²) in [5.41, 5.74) is 0. The molecule has 0 aromatic heterocycles. The minimum absolute atomic E-state index is 0.544. The van der Waals surface area contributed by atoms with Gasteiger partial charge in [0.1, 0.15) is 10.7 Å². The van der Waals surface area contributed by atoms with E-state index in [2.05, 4.69) is 6.92 Å². The average molecular weight is 342 g/mol. The first-order valence-electron chi connectivity index (χ1n) is 9.50. The highest BCUT2D eigenvalue weighted by Gasteiger charge is 2.17. The summed E-state index contributed by atoms with van der Waals surface area (Å²) in [4.78, 5) is 10.9. The maximum Gasteiger partial charge on any atom is 0.317 e. The summed E-state index contributed by atoms with van der Waals surface area (Å²) in [6.07, 6.45) is 18.8. The van der Waals surface area contributed by atoms with Crippen molar-refractivity contribution in [1.29, 1.82) is 5.26 Å². The van der Waals surface area contributed by atoms with Gasteiger partial charge in [-0.05, 0) is 18.2 Å². The molecule has 1 atom stereocenters. The zero-order valence-electron chi connectivity index (χ0n) is 14.9. The first kappa shape index (κ1) is 22.3. The molecule has 0 rings (SSSR count). The van der Waals surface area contributed by atoms with E-state index in [1.54, 1.807) is 0 Å². The summed E-state index contributed by atoms with van der Waals surface area (Å²) in [7, 11) is 0. The summed E-state index contributed by atoms with van der Waals surface area (Å²) >= 11 is 0.876. The molecular weight excluding hydrogens is 306 g/mol. The van der Waals surface area contributed by atoms with Gasteiger partial charge in [0.25, 0.3) is 0 Å². The molecule has 23 heavy (non-hydrogen) atoms. The number of aliphatic carboxylic acids is 1. The van der Waals surface area contributed by atoms with E-state index < -0.39 is 11.2 Å². The summed E-state index contributed by atoms with van der Waals surface area (Å²) in [5.74, 6) is -0.855. The average Bonchev–Trinajstić information content (AvgIpc) is 2.54. The van der Waals surface area contributed by atoms with Gasteiger partial charge in [0, 0.05) is 0 Å². The van der Waals surface area contributed by atoms with Crippen LogP contribution in [0.5, 0.6) is 0 Å². The van der Waals surface area contributed by atoms with Crippen molar-refractivity contribution in [3.8, 4) is 5.40 Å². The number of carbonyl (C=O) groups is 1. The molecule has 0 saturated carbocycles. The minimum atomic E-state index is -0.855. The molecule has 0 aliphatic carbocycles. The van der Waals surface area contributed by atoms with Gasteiger partial charge in [-0.2, -0.15) is 5.26 Å². The van der Waals surface area contributed by atoms with Crippen molar-refractivity contribution in [2.24, 2.45) is 0 Å². The third-order valence-electron chi connectivity index (χ3n) is 4.29. The van der Waals surface area contributed by atoms with E-state index in [-0.39, 0.29) is 0 Å². The van der Waals surface area contributed by atoms with Gasteiger partial charge in [0.2, 0.25) is 0 Å². The van der Waals surface area contributed by atoms with Crippen LogP contribution in [0.4, 0.5) is 0 Å². The molecule has 0 aromatic carbocycles. The first-order chi connectivity index (χ1) is 11.2. The van der Waals surface area contributed by atoms with Gasteiger partial charge < -0.3 is 5.11 Å². The van der Waals surface area contributed by atoms with E-state index in [9.17, 15) is 4.79 Å². The van der Waals surface area contributed by atoms with E-state index in [0.29, 0.717) is 6.42 Å². The largest absolute Gasteiger partial charge is 0.480 e.